The highest BCUT2D eigenvalue weighted by molar-refractivity contribution is 7.92. The molecule has 0 aromatic carbocycles. The molecule has 3 unspecified atom stereocenters. The minimum absolute atomic E-state index is 0.154. The van der Waals surface area contributed by atoms with E-state index in [1.165, 1.54) is 0 Å². The van der Waals surface area contributed by atoms with Crippen molar-refractivity contribution in [1.29, 1.82) is 0 Å². The number of rotatable bonds is 5. The molecule has 0 heterocycles. The van der Waals surface area contributed by atoms with Crippen molar-refractivity contribution in [3.8, 4) is 0 Å². The van der Waals surface area contributed by atoms with E-state index in [0.717, 1.165) is 25.7 Å². The van der Waals surface area contributed by atoms with Gasteiger partial charge in [-0.25, -0.2) is 8.42 Å². The third-order valence-corrected chi connectivity index (χ3v) is 6.45. The van der Waals surface area contributed by atoms with Gasteiger partial charge in [-0.05, 0) is 38.1 Å². The summed E-state index contributed by atoms with van der Waals surface area (Å²) in [5.74, 6) is 1.14. The molecule has 0 saturated heterocycles. The zero-order chi connectivity index (χ0) is 13.1. The fourth-order valence-corrected chi connectivity index (χ4v) is 5.41. The van der Waals surface area contributed by atoms with Crippen LogP contribution < -0.4 is 5.32 Å². The number of nitrogens with one attached hydrogen (secondary N) is 1. The minimum Gasteiger partial charge on any atom is -0.316 e. The van der Waals surface area contributed by atoms with Gasteiger partial charge in [-0.1, -0.05) is 27.2 Å². The van der Waals surface area contributed by atoms with Gasteiger partial charge in [0, 0.05) is 6.04 Å². The summed E-state index contributed by atoms with van der Waals surface area (Å²) in [6.07, 6.45) is 4.11. The smallest absolute Gasteiger partial charge is 0.154 e. The van der Waals surface area contributed by atoms with E-state index in [9.17, 15) is 8.42 Å². The van der Waals surface area contributed by atoms with Gasteiger partial charge in [0.05, 0.1) is 11.0 Å². The predicted octanol–water partition coefficient (Wildman–Crippen LogP) is 2.22. The van der Waals surface area contributed by atoms with Crippen molar-refractivity contribution in [3.63, 3.8) is 0 Å². The lowest BCUT2D eigenvalue weighted by Crippen LogP contribution is -2.47. The largest absolute Gasteiger partial charge is 0.316 e. The Kier molecular flexibility index (Phi) is 5.45. The Morgan fingerprint density at radius 1 is 1.29 bits per heavy atom. The summed E-state index contributed by atoms with van der Waals surface area (Å²) in [7, 11) is -1.07. The van der Waals surface area contributed by atoms with Crippen LogP contribution in [0.1, 0.15) is 46.5 Å². The van der Waals surface area contributed by atoms with Crippen molar-refractivity contribution in [2.24, 2.45) is 11.8 Å². The van der Waals surface area contributed by atoms with Crippen molar-refractivity contribution in [1.82, 2.24) is 5.32 Å². The van der Waals surface area contributed by atoms with Crippen molar-refractivity contribution in [2.45, 2.75) is 57.7 Å². The Hall–Kier alpha value is -0.0900. The summed E-state index contributed by atoms with van der Waals surface area (Å²) in [5, 5.41) is 3.03. The van der Waals surface area contributed by atoms with Crippen LogP contribution in [-0.2, 0) is 9.84 Å². The average Bonchev–Trinajstić information content (AvgIpc) is 2.26. The van der Waals surface area contributed by atoms with E-state index < -0.39 is 9.84 Å². The zero-order valence-corrected chi connectivity index (χ0v) is 12.4. The van der Waals surface area contributed by atoms with Crippen LogP contribution in [0.3, 0.4) is 0 Å². The fraction of sp³-hybridized carbons (Fsp3) is 1.00. The molecule has 0 spiro atoms. The first kappa shape index (κ1) is 15.0. The van der Waals surface area contributed by atoms with Gasteiger partial charge in [0.2, 0.25) is 0 Å². The second kappa shape index (κ2) is 6.19. The first-order valence-electron chi connectivity index (χ1n) is 6.79. The third-order valence-electron chi connectivity index (χ3n) is 3.88. The number of sulfone groups is 1. The Morgan fingerprint density at radius 3 is 2.41 bits per heavy atom. The lowest BCUT2D eigenvalue weighted by atomic mass is 9.84. The van der Waals surface area contributed by atoms with Crippen LogP contribution in [0.25, 0.3) is 0 Å². The molecule has 0 aliphatic heterocycles. The Labute approximate surface area is 106 Å². The van der Waals surface area contributed by atoms with E-state index in [1.807, 2.05) is 20.9 Å². The van der Waals surface area contributed by atoms with Crippen LogP contribution in [-0.4, -0.2) is 32.5 Å². The van der Waals surface area contributed by atoms with Crippen LogP contribution in [0.4, 0.5) is 0 Å². The van der Waals surface area contributed by atoms with E-state index in [4.69, 9.17) is 0 Å². The van der Waals surface area contributed by atoms with Crippen LogP contribution in [0.2, 0.25) is 0 Å². The van der Waals surface area contributed by atoms with Crippen LogP contribution in [0.5, 0.6) is 0 Å². The van der Waals surface area contributed by atoms with Gasteiger partial charge >= 0.3 is 0 Å². The van der Waals surface area contributed by atoms with Crippen LogP contribution >= 0.6 is 0 Å². The van der Waals surface area contributed by atoms with Gasteiger partial charge in [-0.15, -0.1) is 0 Å². The van der Waals surface area contributed by atoms with Crippen molar-refractivity contribution >= 4 is 9.84 Å². The molecule has 1 N–H and O–H groups in total. The standard InChI is InChI=1S/C13H27NO2S/c1-5-11-6-7-12(14-4)13(8-11)17(15,16)9-10(2)3/h10-14H,5-9H2,1-4H3. The molecular weight excluding hydrogens is 234 g/mol. The molecule has 0 aromatic heterocycles. The maximum atomic E-state index is 12.4. The Balaban J connectivity index is 2.82. The van der Waals surface area contributed by atoms with E-state index in [1.54, 1.807) is 0 Å². The maximum Gasteiger partial charge on any atom is 0.154 e. The second-order valence-corrected chi connectivity index (χ2v) is 8.01. The molecule has 17 heavy (non-hydrogen) atoms. The van der Waals surface area contributed by atoms with E-state index in [0.29, 0.717) is 11.7 Å². The first-order valence-corrected chi connectivity index (χ1v) is 8.51. The van der Waals surface area contributed by atoms with Gasteiger partial charge in [0.25, 0.3) is 0 Å². The van der Waals surface area contributed by atoms with Gasteiger partial charge in [-0.3, -0.25) is 0 Å². The molecule has 0 radical (unpaired) electrons. The molecule has 1 fully saturated rings. The average molecular weight is 261 g/mol. The highest BCUT2D eigenvalue weighted by Crippen LogP contribution is 2.31. The third kappa shape index (κ3) is 3.95. The summed E-state index contributed by atoms with van der Waals surface area (Å²) in [5.41, 5.74) is 0. The zero-order valence-electron chi connectivity index (χ0n) is 11.6. The van der Waals surface area contributed by atoms with Gasteiger partial charge in [0.1, 0.15) is 0 Å². The molecule has 1 aliphatic rings. The number of hydrogen-bond donors (Lipinski definition) is 1. The molecule has 0 bridgehead atoms. The summed E-state index contributed by atoms with van der Waals surface area (Å²) >= 11 is 0. The molecule has 0 aromatic rings. The molecule has 3 atom stereocenters. The maximum absolute atomic E-state index is 12.4. The molecule has 0 amide bonds. The number of hydrogen-bond acceptors (Lipinski definition) is 3. The van der Waals surface area contributed by atoms with Gasteiger partial charge in [0.15, 0.2) is 9.84 Å². The van der Waals surface area contributed by atoms with E-state index in [2.05, 4.69) is 12.2 Å². The summed E-state index contributed by atoms with van der Waals surface area (Å²) < 4.78 is 24.8. The molecular formula is C13H27NO2S. The van der Waals surface area contributed by atoms with Crippen LogP contribution in [0.15, 0.2) is 0 Å². The van der Waals surface area contributed by atoms with Crippen molar-refractivity contribution < 1.29 is 8.42 Å². The highest BCUT2D eigenvalue weighted by atomic mass is 32.2. The molecule has 1 saturated carbocycles. The van der Waals surface area contributed by atoms with Gasteiger partial charge < -0.3 is 5.32 Å². The fourth-order valence-electron chi connectivity index (χ4n) is 2.90. The summed E-state index contributed by atoms with van der Waals surface area (Å²) in [4.78, 5) is 0. The monoisotopic (exact) mass is 261 g/mol. The SMILES string of the molecule is CCC1CCC(NC)C(S(=O)(=O)CC(C)C)C1. The van der Waals surface area contributed by atoms with Gasteiger partial charge in [-0.2, -0.15) is 0 Å². The highest BCUT2D eigenvalue weighted by Gasteiger charge is 2.37. The lowest BCUT2D eigenvalue weighted by molar-refractivity contribution is 0.296. The van der Waals surface area contributed by atoms with Crippen molar-refractivity contribution in [2.75, 3.05) is 12.8 Å². The van der Waals surface area contributed by atoms with E-state index >= 15 is 0 Å². The Bertz CT molecular complexity index is 324. The summed E-state index contributed by atoms with van der Waals surface area (Å²) in [6, 6.07) is 0.154. The Morgan fingerprint density at radius 2 is 1.94 bits per heavy atom. The molecule has 4 heteroatoms. The van der Waals surface area contributed by atoms with Crippen molar-refractivity contribution in [3.05, 3.63) is 0 Å². The normalized spacial score (nSPS) is 30.8. The van der Waals surface area contributed by atoms with Crippen LogP contribution in [0, 0.1) is 11.8 Å². The van der Waals surface area contributed by atoms with E-state index in [-0.39, 0.29) is 17.2 Å². The topological polar surface area (TPSA) is 46.2 Å². The molecule has 1 aliphatic carbocycles. The second-order valence-electron chi connectivity index (χ2n) is 5.74. The molecule has 3 nitrogen and oxygen atoms in total. The molecule has 102 valence electrons. The summed E-state index contributed by atoms with van der Waals surface area (Å²) in [6.45, 7) is 6.12. The lowest BCUT2D eigenvalue weighted by Gasteiger charge is -2.35. The molecule has 1 rings (SSSR count). The first-order chi connectivity index (χ1) is 7.90. The quantitative estimate of drug-likeness (QED) is 0.825. The predicted molar refractivity (Wildman–Crippen MR) is 72.9 cm³/mol. The minimum atomic E-state index is -2.95.